The van der Waals surface area contributed by atoms with Gasteiger partial charge in [-0.05, 0) is 43.7 Å². The molecule has 3 aromatic rings. The number of esters is 2. The Kier molecular flexibility index (Phi) is 8.72. The van der Waals surface area contributed by atoms with E-state index in [1.807, 2.05) is 48.6 Å². The Bertz CT molecular complexity index is 1370. The summed E-state index contributed by atoms with van der Waals surface area (Å²) in [5.41, 5.74) is 3.28. The molecule has 1 saturated heterocycles. The molecule has 1 fully saturated rings. The third-order valence-electron chi connectivity index (χ3n) is 6.31. The molecule has 2 unspecified atom stereocenters. The summed E-state index contributed by atoms with van der Waals surface area (Å²) in [6.45, 7) is 3.28. The Hall–Kier alpha value is -4.51. The third-order valence-corrected chi connectivity index (χ3v) is 6.31. The van der Waals surface area contributed by atoms with E-state index in [0.29, 0.717) is 31.7 Å². The summed E-state index contributed by atoms with van der Waals surface area (Å²) in [7, 11) is 0. The number of piperazine rings is 1. The standard InChI is InChI=1S/C28H30N4O7/c1-18(33)27(36)39-19(2)28(37)38-17-25(34)31-13-15-32(16-14-31)26(35)21-10-7-20(8-11-21)9-12-24-22-5-3-4-6-23(22)29-30-24/h3-12,18-19,33H,13-17H2,1-2H3,(H,29,30)/b12-9+. The second-order valence-electron chi connectivity index (χ2n) is 9.15. The number of H-pyrrole nitrogens is 1. The van der Waals surface area contributed by atoms with E-state index >= 15 is 0 Å². The summed E-state index contributed by atoms with van der Waals surface area (Å²) in [5.74, 6) is -2.39. The number of ether oxygens (including phenoxy) is 2. The van der Waals surface area contributed by atoms with Gasteiger partial charge in [0.1, 0.15) is 6.10 Å². The minimum atomic E-state index is -1.37. The number of para-hydroxylation sites is 1. The molecule has 1 aliphatic rings. The topological polar surface area (TPSA) is 142 Å². The van der Waals surface area contributed by atoms with Gasteiger partial charge in [-0.25, -0.2) is 9.59 Å². The highest BCUT2D eigenvalue weighted by atomic mass is 16.6. The molecule has 1 aliphatic heterocycles. The van der Waals surface area contributed by atoms with Crippen molar-refractivity contribution in [3.63, 3.8) is 0 Å². The molecule has 39 heavy (non-hydrogen) atoms. The van der Waals surface area contributed by atoms with Crippen LogP contribution < -0.4 is 0 Å². The summed E-state index contributed by atoms with van der Waals surface area (Å²) in [6, 6.07) is 15.2. The fourth-order valence-electron chi connectivity index (χ4n) is 4.03. The second-order valence-corrected chi connectivity index (χ2v) is 9.15. The van der Waals surface area contributed by atoms with Gasteiger partial charge in [-0.2, -0.15) is 5.10 Å². The van der Waals surface area contributed by atoms with Gasteiger partial charge in [-0.3, -0.25) is 14.7 Å². The Morgan fingerprint density at radius 2 is 1.62 bits per heavy atom. The summed E-state index contributed by atoms with van der Waals surface area (Å²) in [4.78, 5) is 51.9. The quantitative estimate of drug-likeness (QED) is 0.417. The third kappa shape index (κ3) is 6.88. The number of hydrogen-bond acceptors (Lipinski definition) is 8. The number of benzene rings is 2. The van der Waals surface area contributed by atoms with Gasteiger partial charge in [0, 0.05) is 37.1 Å². The smallest absolute Gasteiger partial charge is 0.347 e. The van der Waals surface area contributed by atoms with E-state index in [1.54, 1.807) is 17.0 Å². The lowest BCUT2D eigenvalue weighted by Crippen LogP contribution is -2.51. The van der Waals surface area contributed by atoms with E-state index in [4.69, 9.17) is 14.6 Å². The molecule has 1 aromatic heterocycles. The van der Waals surface area contributed by atoms with Crippen LogP contribution in [0.2, 0.25) is 0 Å². The normalized spacial score (nSPS) is 15.3. The molecule has 0 radical (unpaired) electrons. The molecule has 4 rings (SSSR count). The van der Waals surface area contributed by atoms with E-state index in [-0.39, 0.29) is 5.91 Å². The van der Waals surface area contributed by atoms with Crippen molar-refractivity contribution in [3.05, 3.63) is 65.4 Å². The highest BCUT2D eigenvalue weighted by molar-refractivity contribution is 5.95. The van der Waals surface area contributed by atoms with Gasteiger partial charge < -0.3 is 24.4 Å². The maximum absolute atomic E-state index is 13.0. The van der Waals surface area contributed by atoms with Crippen molar-refractivity contribution in [2.24, 2.45) is 0 Å². The summed E-state index contributed by atoms with van der Waals surface area (Å²) in [5, 5.41) is 17.5. The molecule has 11 nitrogen and oxygen atoms in total. The number of aliphatic hydroxyl groups is 1. The summed E-state index contributed by atoms with van der Waals surface area (Å²) < 4.78 is 9.68. The van der Waals surface area contributed by atoms with Gasteiger partial charge in [0.25, 0.3) is 11.8 Å². The number of rotatable bonds is 8. The molecule has 0 aliphatic carbocycles. The monoisotopic (exact) mass is 534 g/mol. The number of aliphatic hydroxyl groups excluding tert-OH is 1. The van der Waals surface area contributed by atoms with Crippen molar-refractivity contribution >= 4 is 46.8 Å². The van der Waals surface area contributed by atoms with Crippen molar-refractivity contribution in [1.29, 1.82) is 0 Å². The lowest BCUT2D eigenvalue weighted by Gasteiger charge is -2.34. The van der Waals surface area contributed by atoms with Crippen molar-refractivity contribution in [1.82, 2.24) is 20.0 Å². The number of amides is 2. The number of carbonyl (C=O) groups is 4. The minimum absolute atomic E-state index is 0.129. The number of nitrogens with one attached hydrogen (secondary N) is 1. The van der Waals surface area contributed by atoms with Crippen LogP contribution in [-0.2, 0) is 23.9 Å². The van der Waals surface area contributed by atoms with Crippen molar-refractivity contribution in [2.45, 2.75) is 26.1 Å². The lowest BCUT2D eigenvalue weighted by atomic mass is 10.1. The number of aromatic nitrogens is 2. The van der Waals surface area contributed by atoms with Crippen LogP contribution >= 0.6 is 0 Å². The maximum Gasteiger partial charge on any atom is 0.347 e. The molecule has 0 saturated carbocycles. The molecular weight excluding hydrogens is 504 g/mol. The van der Waals surface area contributed by atoms with Crippen LogP contribution in [-0.4, -0.2) is 93.9 Å². The van der Waals surface area contributed by atoms with Crippen molar-refractivity contribution in [3.8, 4) is 0 Å². The van der Waals surface area contributed by atoms with Crippen LogP contribution in [0.3, 0.4) is 0 Å². The molecule has 0 bridgehead atoms. The zero-order valence-corrected chi connectivity index (χ0v) is 21.7. The number of carbonyl (C=O) groups excluding carboxylic acids is 4. The molecule has 2 N–H and O–H groups in total. The van der Waals surface area contributed by atoms with Crippen LogP contribution in [0, 0.1) is 0 Å². The largest absolute Gasteiger partial charge is 0.453 e. The van der Waals surface area contributed by atoms with Crippen LogP contribution in [0.5, 0.6) is 0 Å². The van der Waals surface area contributed by atoms with Crippen LogP contribution in [0.15, 0.2) is 48.5 Å². The average Bonchev–Trinajstić information content (AvgIpc) is 3.37. The molecular formula is C28H30N4O7. The van der Waals surface area contributed by atoms with E-state index < -0.39 is 36.7 Å². The average molecular weight is 535 g/mol. The predicted molar refractivity (Wildman–Crippen MR) is 142 cm³/mol. The Labute approximate surface area is 225 Å². The number of hydrogen-bond donors (Lipinski definition) is 2. The lowest BCUT2D eigenvalue weighted by molar-refractivity contribution is -0.172. The van der Waals surface area contributed by atoms with E-state index in [0.717, 1.165) is 22.2 Å². The molecule has 2 atom stereocenters. The first-order valence-corrected chi connectivity index (χ1v) is 12.6. The number of nitrogens with zero attached hydrogens (tertiary/aromatic N) is 3. The highest BCUT2D eigenvalue weighted by Gasteiger charge is 2.27. The van der Waals surface area contributed by atoms with Crippen LogP contribution in [0.25, 0.3) is 23.1 Å². The van der Waals surface area contributed by atoms with Gasteiger partial charge in [-0.15, -0.1) is 0 Å². The SMILES string of the molecule is CC(O)C(=O)OC(C)C(=O)OCC(=O)N1CCN(C(=O)c2ccc(/C=C/c3n[nH]c4ccccc34)cc2)CC1. The molecule has 11 heteroatoms. The van der Waals surface area contributed by atoms with Gasteiger partial charge in [0.05, 0.1) is 11.2 Å². The fourth-order valence-corrected chi connectivity index (χ4v) is 4.03. The maximum atomic E-state index is 13.0. The second kappa shape index (κ2) is 12.4. The first-order valence-electron chi connectivity index (χ1n) is 12.6. The summed E-state index contributed by atoms with van der Waals surface area (Å²) >= 11 is 0. The zero-order chi connectivity index (χ0) is 27.9. The first-order chi connectivity index (χ1) is 18.7. The fraction of sp³-hybridized carbons (Fsp3) is 0.321. The number of fused-ring (bicyclic) bond motifs is 1. The van der Waals surface area contributed by atoms with Crippen molar-refractivity contribution < 1.29 is 33.8 Å². The predicted octanol–water partition coefficient (Wildman–Crippen LogP) is 1.87. The Morgan fingerprint density at radius 3 is 2.31 bits per heavy atom. The van der Waals surface area contributed by atoms with Gasteiger partial charge in [-0.1, -0.05) is 36.4 Å². The zero-order valence-electron chi connectivity index (χ0n) is 21.7. The van der Waals surface area contributed by atoms with Gasteiger partial charge >= 0.3 is 11.9 Å². The van der Waals surface area contributed by atoms with Gasteiger partial charge in [0.15, 0.2) is 12.7 Å². The molecule has 204 valence electrons. The summed E-state index contributed by atoms with van der Waals surface area (Å²) in [6.07, 6.45) is 1.24. The van der Waals surface area contributed by atoms with E-state index in [1.165, 1.54) is 18.7 Å². The minimum Gasteiger partial charge on any atom is -0.453 e. The number of aromatic amines is 1. The van der Waals surface area contributed by atoms with Crippen LogP contribution in [0.1, 0.15) is 35.5 Å². The molecule has 2 amide bonds. The van der Waals surface area contributed by atoms with Crippen LogP contribution in [0.4, 0.5) is 0 Å². The molecule has 0 spiro atoms. The highest BCUT2D eigenvalue weighted by Crippen LogP contribution is 2.18. The molecule has 2 aromatic carbocycles. The molecule has 2 heterocycles. The van der Waals surface area contributed by atoms with Crippen molar-refractivity contribution in [2.75, 3.05) is 32.8 Å². The Morgan fingerprint density at radius 1 is 0.949 bits per heavy atom. The van der Waals surface area contributed by atoms with E-state index in [9.17, 15) is 19.2 Å². The first kappa shape index (κ1) is 27.5. The van der Waals surface area contributed by atoms with E-state index in [2.05, 4.69) is 10.2 Å². The van der Waals surface area contributed by atoms with Gasteiger partial charge in [0.2, 0.25) is 0 Å². The Balaban J connectivity index is 1.24.